The van der Waals surface area contributed by atoms with Gasteiger partial charge in [-0.25, -0.2) is 13.2 Å². The molecule has 21 heavy (non-hydrogen) atoms. The summed E-state index contributed by atoms with van der Waals surface area (Å²) in [6.07, 6.45) is 1.86. The predicted molar refractivity (Wildman–Crippen MR) is 76.9 cm³/mol. The number of sulfonamides is 1. The van der Waals surface area contributed by atoms with E-state index in [2.05, 4.69) is 4.72 Å². The van der Waals surface area contributed by atoms with Gasteiger partial charge in [0.2, 0.25) is 5.91 Å². The topological polar surface area (TPSA) is 104 Å². The fourth-order valence-corrected chi connectivity index (χ4v) is 4.49. The number of nitrogens with one attached hydrogen (secondary N) is 1. The molecule has 0 aliphatic carbocycles. The van der Waals surface area contributed by atoms with E-state index in [-0.39, 0.29) is 15.7 Å². The summed E-state index contributed by atoms with van der Waals surface area (Å²) in [4.78, 5) is 24.5. The van der Waals surface area contributed by atoms with E-state index in [1.807, 2.05) is 0 Å². The predicted octanol–water partition coefficient (Wildman–Crippen LogP) is 0.735. The Morgan fingerprint density at radius 1 is 1.38 bits per heavy atom. The standard InChI is InChI=1S/C12H16N2O5S2/c1-8(11(15)14-4-2-3-5-14)13-21(18,19)10-6-9(7-20-10)12(16)17/h6-8,13H,2-5H2,1H3,(H,16,17). The number of nitrogens with zero attached hydrogens (tertiary/aromatic N) is 1. The summed E-state index contributed by atoms with van der Waals surface area (Å²) in [5, 5.41) is 10.1. The Hall–Kier alpha value is -1.45. The average Bonchev–Trinajstić information content (AvgIpc) is 3.08. The van der Waals surface area contributed by atoms with E-state index in [1.165, 1.54) is 12.3 Å². The number of carbonyl (C=O) groups excluding carboxylic acids is 1. The number of hydrogen-bond acceptors (Lipinski definition) is 5. The van der Waals surface area contributed by atoms with Crippen LogP contribution < -0.4 is 4.72 Å². The molecule has 2 rings (SSSR count). The van der Waals surface area contributed by atoms with Crippen LogP contribution in [-0.2, 0) is 14.8 Å². The van der Waals surface area contributed by atoms with E-state index in [0.29, 0.717) is 13.1 Å². The van der Waals surface area contributed by atoms with Gasteiger partial charge < -0.3 is 10.0 Å². The quantitative estimate of drug-likeness (QED) is 0.827. The Balaban J connectivity index is 2.08. The van der Waals surface area contributed by atoms with Crippen molar-refractivity contribution in [2.45, 2.75) is 30.0 Å². The van der Waals surface area contributed by atoms with E-state index in [9.17, 15) is 18.0 Å². The molecule has 1 aliphatic rings. The molecule has 2 N–H and O–H groups in total. The molecule has 1 aromatic heterocycles. The molecule has 1 unspecified atom stereocenters. The molecule has 0 saturated carbocycles. The van der Waals surface area contributed by atoms with Gasteiger partial charge >= 0.3 is 5.97 Å². The van der Waals surface area contributed by atoms with Crippen LogP contribution in [0.15, 0.2) is 15.7 Å². The molecule has 0 spiro atoms. The third-order valence-electron chi connectivity index (χ3n) is 3.21. The second-order valence-electron chi connectivity index (χ2n) is 4.83. The number of carboxylic acids is 1. The summed E-state index contributed by atoms with van der Waals surface area (Å²) in [7, 11) is -3.89. The maximum absolute atomic E-state index is 12.1. The van der Waals surface area contributed by atoms with Gasteiger partial charge in [0.25, 0.3) is 10.0 Å². The number of thiophene rings is 1. The highest BCUT2D eigenvalue weighted by Gasteiger charge is 2.28. The molecule has 0 bridgehead atoms. The summed E-state index contributed by atoms with van der Waals surface area (Å²) >= 11 is 0.815. The number of hydrogen-bond donors (Lipinski definition) is 2. The molecule has 7 nitrogen and oxygen atoms in total. The lowest BCUT2D eigenvalue weighted by molar-refractivity contribution is -0.131. The Bertz CT molecular complexity index is 646. The van der Waals surface area contributed by atoms with Crippen LogP contribution in [0, 0.1) is 0 Å². The summed E-state index contributed by atoms with van der Waals surface area (Å²) in [5.74, 6) is -1.44. The summed E-state index contributed by atoms with van der Waals surface area (Å²) in [6, 6.07) is 0.214. The van der Waals surface area contributed by atoms with Gasteiger partial charge in [0.1, 0.15) is 4.21 Å². The fraction of sp³-hybridized carbons (Fsp3) is 0.500. The normalized spacial score (nSPS) is 16.9. The third-order valence-corrected chi connectivity index (χ3v) is 6.19. The first-order valence-electron chi connectivity index (χ1n) is 6.44. The zero-order valence-corrected chi connectivity index (χ0v) is 13.0. The van der Waals surface area contributed by atoms with Crippen molar-refractivity contribution in [3.8, 4) is 0 Å². The number of aromatic carboxylic acids is 1. The second kappa shape index (κ2) is 6.12. The van der Waals surface area contributed by atoms with Crippen LogP contribution in [0.1, 0.15) is 30.1 Å². The highest BCUT2D eigenvalue weighted by atomic mass is 32.2. The maximum atomic E-state index is 12.1. The SMILES string of the molecule is CC(NS(=O)(=O)c1cc(C(=O)O)cs1)C(=O)N1CCCC1. The first kappa shape index (κ1) is 15.9. The monoisotopic (exact) mass is 332 g/mol. The molecule has 116 valence electrons. The van der Waals surface area contributed by atoms with Gasteiger partial charge in [-0.1, -0.05) is 0 Å². The largest absolute Gasteiger partial charge is 0.478 e. The second-order valence-corrected chi connectivity index (χ2v) is 7.69. The molecule has 2 heterocycles. The number of carbonyl (C=O) groups is 2. The van der Waals surface area contributed by atoms with E-state index in [1.54, 1.807) is 4.90 Å². The summed E-state index contributed by atoms with van der Waals surface area (Å²) in [6.45, 7) is 2.78. The lowest BCUT2D eigenvalue weighted by atomic mass is 10.3. The van der Waals surface area contributed by atoms with Crippen molar-refractivity contribution in [1.82, 2.24) is 9.62 Å². The van der Waals surface area contributed by atoms with Crippen molar-refractivity contribution in [1.29, 1.82) is 0 Å². The zero-order valence-electron chi connectivity index (χ0n) is 11.4. The van der Waals surface area contributed by atoms with E-state index in [0.717, 1.165) is 30.2 Å². The smallest absolute Gasteiger partial charge is 0.336 e. The highest BCUT2D eigenvalue weighted by Crippen LogP contribution is 2.20. The van der Waals surface area contributed by atoms with E-state index in [4.69, 9.17) is 5.11 Å². The third kappa shape index (κ3) is 3.60. The molecule has 1 aromatic rings. The van der Waals surface area contributed by atoms with Crippen LogP contribution in [0.4, 0.5) is 0 Å². The van der Waals surface area contributed by atoms with Crippen LogP contribution in [0.2, 0.25) is 0 Å². The molecule has 9 heteroatoms. The molecule has 0 aromatic carbocycles. The minimum atomic E-state index is -3.89. The van der Waals surface area contributed by atoms with Crippen LogP contribution in [0.3, 0.4) is 0 Å². The van der Waals surface area contributed by atoms with Crippen LogP contribution in [0.5, 0.6) is 0 Å². The fourth-order valence-electron chi connectivity index (χ4n) is 2.12. The van der Waals surface area contributed by atoms with Crippen molar-refractivity contribution in [3.63, 3.8) is 0 Å². The van der Waals surface area contributed by atoms with Crippen molar-refractivity contribution < 1.29 is 23.1 Å². The van der Waals surface area contributed by atoms with Gasteiger partial charge in [0.15, 0.2) is 0 Å². The molecule has 1 atom stereocenters. The molecule has 0 radical (unpaired) electrons. The number of likely N-dealkylation sites (tertiary alicyclic amines) is 1. The van der Waals surface area contributed by atoms with Gasteiger partial charge in [0.05, 0.1) is 11.6 Å². The lowest BCUT2D eigenvalue weighted by Crippen LogP contribution is -2.45. The number of rotatable bonds is 5. The average molecular weight is 332 g/mol. The van der Waals surface area contributed by atoms with Crippen LogP contribution in [-0.4, -0.2) is 49.4 Å². The maximum Gasteiger partial charge on any atom is 0.336 e. The number of carboxylic acid groups (broad SMARTS) is 1. The van der Waals surface area contributed by atoms with Gasteiger partial charge in [-0.15, -0.1) is 11.3 Å². The Morgan fingerprint density at radius 3 is 2.52 bits per heavy atom. The van der Waals surface area contributed by atoms with Gasteiger partial charge in [-0.3, -0.25) is 4.79 Å². The Labute approximate surface area is 126 Å². The van der Waals surface area contributed by atoms with E-state index < -0.39 is 22.0 Å². The lowest BCUT2D eigenvalue weighted by Gasteiger charge is -2.20. The molecular weight excluding hydrogens is 316 g/mol. The minimum Gasteiger partial charge on any atom is -0.478 e. The van der Waals surface area contributed by atoms with Crippen molar-refractivity contribution >= 4 is 33.2 Å². The molecule has 1 amide bonds. The molecule has 1 fully saturated rings. The first-order chi connectivity index (χ1) is 9.81. The first-order valence-corrected chi connectivity index (χ1v) is 8.80. The van der Waals surface area contributed by atoms with Crippen molar-refractivity contribution in [3.05, 3.63) is 17.0 Å². The van der Waals surface area contributed by atoms with Crippen LogP contribution >= 0.6 is 11.3 Å². The molecular formula is C12H16N2O5S2. The zero-order chi connectivity index (χ0) is 15.6. The minimum absolute atomic E-state index is 0.0844. The Kier molecular flexibility index (Phi) is 4.64. The highest BCUT2D eigenvalue weighted by molar-refractivity contribution is 7.91. The van der Waals surface area contributed by atoms with E-state index >= 15 is 0 Å². The summed E-state index contributed by atoms with van der Waals surface area (Å²) in [5.41, 5.74) is -0.0844. The van der Waals surface area contributed by atoms with Crippen LogP contribution in [0.25, 0.3) is 0 Å². The molecule has 1 saturated heterocycles. The molecule has 1 aliphatic heterocycles. The van der Waals surface area contributed by atoms with Crippen molar-refractivity contribution in [2.75, 3.05) is 13.1 Å². The van der Waals surface area contributed by atoms with Gasteiger partial charge in [0, 0.05) is 18.5 Å². The van der Waals surface area contributed by atoms with Crippen molar-refractivity contribution in [2.24, 2.45) is 0 Å². The Morgan fingerprint density at radius 2 is 2.00 bits per heavy atom. The van der Waals surface area contributed by atoms with Gasteiger partial charge in [-0.05, 0) is 25.8 Å². The number of amides is 1. The summed E-state index contributed by atoms with van der Waals surface area (Å²) < 4.78 is 26.5. The van der Waals surface area contributed by atoms with Gasteiger partial charge in [-0.2, -0.15) is 4.72 Å².